The number of furan rings is 1. The van der Waals surface area contributed by atoms with Crippen LogP contribution in [0.3, 0.4) is 0 Å². The molecule has 1 aromatic rings. The second kappa shape index (κ2) is 4.06. The maximum absolute atomic E-state index is 12.3. The first-order valence-electron chi connectivity index (χ1n) is 5.00. The Hall–Kier alpha value is -1.50. The fraction of sp³-hybridized carbons (Fsp3) is 0.500. The number of alkyl halides is 3. The van der Waals surface area contributed by atoms with Gasteiger partial charge < -0.3 is 14.4 Å². The van der Waals surface area contributed by atoms with E-state index in [0.29, 0.717) is 10.5 Å². The van der Waals surface area contributed by atoms with Crippen LogP contribution in [0.2, 0.25) is 0 Å². The average molecular weight is 249 g/mol. The number of nitrogens with zero attached hydrogens (tertiary/aromatic N) is 1. The number of halogens is 3. The third-order valence-corrected chi connectivity index (χ3v) is 2.68. The van der Waals surface area contributed by atoms with Gasteiger partial charge in [0.1, 0.15) is 5.76 Å². The third kappa shape index (κ3) is 2.28. The summed E-state index contributed by atoms with van der Waals surface area (Å²) in [4.78, 5) is 11.7. The zero-order chi connectivity index (χ0) is 12.6. The maximum atomic E-state index is 12.3. The molecule has 0 aliphatic carbocycles. The minimum Gasteiger partial charge on any atom is -0.467 e. The van der Waals surface area contributed by atoms with Gasteiger partial charge in [0, 0.05) is 12.1 Å². The predicted molar refractivity (Wildman–Crippen MR) is 49.8 cm³/mol. The molecule has 0 unspecified atom stereocenters. The Morgan fingerprint density at radius 2 is 2.24 bits per heavy atom. The highest BCUT2D eigenvalue weighted by atomic mass is 19.4. The second-order valence-corrected chi connectivity index (χ2v) is 3.83. The van der Waals surface area contributed by atoms with E-state index in [1.165, 1.54) is 12.3 Å². The summed E-state index contributed by atoms with van der Waals surface area (Å²) in [6.07, 6.45) is -4.44. The van der Waals surface area contributed by atoms with E-state index >= 15 is 0 Å². The largest absolute Gasteiger partial charge is 0.471 e. The highest BCUT2D eigenvalue weighted by molar-refractivity contribution is 5.81. The van der Waals surface area contributed by atoms with Gasteiger partial charge in [-0.3, -0.25) is 4.79 Å². The predicted octanol–water partition coefficient (Wildman–Crippen LogP) is 1.61. The number of aliphatic hydroxyl groups is 1. The molecule has 0 aromatic carbocycles. The first-order valence-corrected chi connectivity index (χ1v) is 5.00. The molecule has 0 radical (unpaired) electrons. The van der Waals surface area contributed by atoms with Crippen molar-refractivity contribution in [1.29, 1.82) is 0 Å². The molecule has 17 heavy (non-hydrogen) atoms. The lowest BCUT2D eigenvalue weighted by molar-refractivity contribution is -0.186. The molecule has 7 heteroatoms. The monoisotopic (exact) mass is 249 g/mol. The molecule has 0 saturated carbocycles. The van der Waals surface area contributed by atoms with Crippen molar-refractivity contribution in [2.75, 3.05) is 6.54 Å². The van der Waals surface area contributed by atoms with E-state index in [-0.39, 0.29) is 25.3 Å². The van der Waals surface area contributed by atoms with Crippen LogP contribution >= 0.6 is 0 Å². The lowest BCUT2D eigenvalue weighted by atomic mass is 10.1. The van der Waals surface area contributed by atoms with Crippen molar-refractivity contribution in [3.8, 4) is 0 Å². The van der Waals surface area contributed by atoms with Crippen molar-refractivity contribution < 1.29 is 27.5 Å². The van der Waals surface area contributed by atoms with Crippen LogP contribution < -0.4 is 0 Å². The van der Waals surface area contributed by atoms with Crippen LogP contribution in [-0.2, 0) is 11.3 Å². The van der Waals surface area contributed by atoms with Gasteiger partial charge in [0.2, 0.25) is 0 Å². The Morgan fingerprint density at radius 3 is 2.88 bits per heavy atom. The summed E-state index contributed by atoms with van der Waals surface area (Å²) in [6.45, 7) is -0.415. The molecular weight excluding hydrogens is 239 g/mol. The quantitative estimate of drug-likeness (QED) is 0.760. The summed E-state index contributed by atoms with van der Waals surface area (Å²) < 4.78 is 41.8. The molecule has 0 fully saturated rings. The van der Waals surface area contributed by atoms with Crippen molar-refractivity contribution in [2.45, 2.75) is 25.2 Å². The summed E-state index contributed by atoms with van der Waals surface area (Å²) >= 11 is 0. The SMILES string of the molecule is O=C(N1CC[C@@H](O)c2ccoc2C1)C(F)(F)F. The Bertz CT molecular complexity index is 427. The molecule has 2 heterocycles. The van der Waals surface area contributed by atoms with E-state index in [9.17, 15) is 23.1 Å². The minimum atomic E-state index is -4.90. The molecule has 2 rings (SSSR count). The number of rotatable bonds is 0. The maximum Gasteiger partial charge on any atom is 0.471 e. The van der Waals surface area contributed by atoms with Gasteiger partial charge in [0.15, 0.2) is 0 Å². The van der Waals surface area contributed by atoms with Crippen LogP contribution in [0.5, 0.6) is 0 Å². The Balaban J connectivity index is 2.23. The van der Waals surface area contributed by atoms with Crippen molar-refractivity contribution in [1.82, 2.24) is 4.90 Å². The number of carbonyl (C=O) groups is 1. The second-order valence-electron chi connectivity index (χ2n) is 3.83. The number of carbonyl (C=O) groups excluding carboxylic acids is 1. The summed E-state index contributed by atoms with van der Waals surface area (Å²) in [7, 11) is 0. The van der Waals surface area contributed by atoms with Crippen molar-refractivity contribution in [2.24, 2.45) is 0 Å². The standard InChI is InChI=1S/C10H10F3NO3/c11-10(12,13)9(16)14-3-1-7(15)6-2-4-17-8(6)5-14/h2,4,7,15H,1,3,5H2/t7-/m1/s1. The molecule has 1 N–H and O–H groups in total. The van der Waals surface area contributed by atoms with Gasteiger partial charge in [-0.05, 0) is 12.5 Å². The molecule has 0 saturated heterocycles. The molecule has 0 bridgehead atoms. The Kier molecular flexibility index (Phi) is 2.86. The average Bonchev–Trinajstić information content (AvgIpc) is 2.64. The third-order valence-electron chi connectivity index (χ3n) is 2.68. The number of hydrogen-bond acceptors (Lipinski definition) is 3. The van der Waals surface area contributed by atoms with Gasteiger partial charge in [-0.1, -0.05) is 0 Å². The van der Waals surface area contributed by atoms with Crippen molar-refractivity contribution in [3.63, 3.8) is 0 Å². The van der Waals surface area contributed by atoms with Gasteiger partial charge in [0.05, 0.1) is 18.9 Å². The molecule has 94 valence electrons. The van der Waals surface area contributed by atoms with Crippen LogP contribution in [0.4, 0.5) is 13.2 Å². The van der Waals surface area contributed by atoms with E-state index in [1.54, 1.807) is 0 Å². The van der Waals surface area contributed by atoms with Crippen LogP contribution in [0, 0.1) is 0 Å². The highest BCUT2D eigenvalue weighted by Gasteiger charge is 2.43. The number of fused-ring (bicyclic) bond motifs is 1. The zero-order valence-electron chi connectivity index (χ0n) is 8.70. The summed E-state index contributed by atoms with van der Waals surface area (Å²) in [5, 5.41) is 9.65. The molecule has 0 spiro atoms. The normalized spacial score (nSPS) is 20.9. The summed E-state index contributed by atoms with van der Waals surface area (Å²) in [5.74, 6) is -1.71. The molecule has 1 aromatic heterocycles. The topological polar surface area (TPSA) is 53.7 Å². The molecular formula is C10H10F3NO3. The van der Waals surface area contributed by atoms with Crippen molar-refractivity contribution in [3.05, 3.63) is 23.7 Å². The molecule has 1 amide bonds. The molecule has 1 aliphatic heterocycles. The fourth-order valence-corrected chi connectivity index (χ4v) is 1.81. The zero-order valence-corrected chi connectivity index (χ0v) is 8.70. The molecule has 4 nitrogen and oxygen atoms in total. The van der Waals surface area contributed by atoms with Gasteiger partial charge >= 0.3 is 12.1 Å². The number of aliphatic hydroxyl groups excluding tert-OH is 1. The van der Waals surface area contributed by atoms with Gasteiger partial charge in [-0.2, -0.15) is 13.2 Å². The van der Waals surface area contributed by atoms with E-state index in [1.807, 2.05) is 0 Å². The van der Waals surface area contributed by atoms with Gasteiger partial charge in [0.25, 0.3) is 0 Å². The first-order chi connectivity index (χ1) is 7.89. The lowest BCUT2D eigenvalue weighted by Gasteiger charge is -2.21. The van der Waals surface area contributed by atoms with Crippen LogP contribution in [0.25, 0.3) is 0 Å². The van der Waals surface area contributed by atoms with Gasteiger partial charge in [-0.15, -0.1) is 0 Å². The summed E-state index contributed by atoms with van der Waals surface area (Å²) in [5.41, 5.74) is 0.447. The Morgan fingerprint density at radius 1 is 1.53 bits per heavy atom. The molecule has 1 aliphatic rings. The number of hydrogen-bond donors (Lipinski definition) is 1. The first kappa shape index (κ1) is 12.0. The summed E-state index contributed by atoms with van der Waals surface area (Å²) in [6, 6.07) is 1.50. The van der Waals surface area contributed by atoms with Crippen LogP contribution in [0.1, 0.15) is 23.8 Å². The fourth-order valence-electron chi connectivity index (χ4n) is 1.81. The van der Waals surface area contributed by atoms with E-state index in [2.05, 4.69) is 0 Å². The van der Waals surface area contributed by atoms with Crippen LogP contribution in [-0.4, -0.2) is 28.6 Å². The van der Waals surface area contributed by atoms with Crippen molar-refractivity contribution >= 4 is 5.91 Å². The van der Waals surface area contributed by atoms with Crippen LogP contribution in [0.15, 0.2) is 16.7 Å². The molecule has 1 atom stereocenters. The van der Waals surface area contributed by atoms with E-state index < -0.39 is 18.2 Å². The Labute approximate surface area is 94.6 Å². The smallest absolute Gasteiger partial charge is 0.467 e. The van der Waals surface area contributed by atoms with E-state index in [0.717, 1.165) is 0 Å². The van der Waals surface area contributed by atoms with E-state index in [4.69, 9.17) is 4.42 Å². The number of amides is 1. The lowest BCUT2D eigenvalue weighted by Crippen LogP contribution is -2.40. The van der Waals surface area contributed by atoms with Gasteiger partial charge in [-0.25, -0.2) is 0 Å². The minimum absolute atomic E-state index is 0.0638. The highest BCUT2D eigenvalue weighted by Crippen LogP contribution is 2.29.